The minimum Gasteiger partial charge on any atom is -0.462 e. The second-order valence-electron chi connectivity index (χ2n) is 17.8. The number of hydrogen-bond acceptors (Lipinski definition) is 6. The Kier molecular flexibility index (Phi) is 49.4. The molecule has 0 spiro atoms. The van der Waals surface area contributed by atoms with Gasteiger partial charge in [-0.15, -0.1) is 0 Å². The van der Waals surface area contributed by atoms with Crippen molar-refractivity contribution in [3.05, 3.63) is 60.8 Å². The lowest BCUT2D eigenvalue weighted by atomic mass is 10.1. The quantitative estimate of drug-likeness (QED) is 0.0262. The van der Waals surface area contributed by atoms with E-state index in [2.05, 4.69) is 69.4 Å². The van der Waals surface area contributed by atoms with Crippen LogP contribution in [0.2, 0.25) is 0 Å². The third kappa shape index (κ3) is 50.0. The van der Waals surface area contributed by atoms with Crippen molar-refractivity contribution in [1.29, 1.82) is 0 Å². The molecule has 0 aromatic heterocycles. The van der Waals surface area contributed by atoms with Gasteiger partial charge in [0.15, 0.2) is 6.10 Å². The molecule has 0 bridgehead atoms. The monoisotopic (exact) mass is 881 g/mol. The molecule has 6 heteroatoms. The first kappa shape index (κ1) is 60.1. The van der Waals surface area contributed by atoms with Crippen LogP contribution < -0.4 is 0 Å². The van der Waals surface area contributed by atoms with Crippen molar-refractivity contribution in [2.45, 2.75) is 271 Å². The zero-order chi connectivity index (χ0) is 45.8. The molecule has 0 aliphatic carbocycles. The summed E-state index contributed by atoms with van der Waals surface area (Å²) in [5, 5.41) is 0. The Morgan fingerprint density at radius 1 is 0.317 bits per heavy atom. The number of ether oxygens (including phenoxy) is 3. The summed E-state index contributed by atoms with van der Waals surface area (Å²) in [7, 11) is 0. The predicted octanol–water partition coefficient (Wildman–Crippen LogP) is 17.6. The second-order valence-corrected chi connectivity index (χ2v) is 17.8. The van der Waals surface area contributed by atoms with Crippen molar-refractivity contribution in [2.75, 3.05) is 13.2 Å². The van der Waals surface area contributed by atoms with Crippen molar-refractivity contribution < 1.29 is 28.6 Å². The van der Waals surface area contributed by atoms with E-state index < -0.39 is 12.1 Å². The van der Waals surface area contributed by atoms with Gasteiger partial charge >= 0.3 is 17.9 Å². The summed E-state index contributed by atoms with van der Waals surface area (Å²) in [5.74, 6) is -1.11. The number of hydrogen-bond donors (Lipinski definition) is 0. The second kappa shape index (κ2) is 51.7. The maximum atomic E-state index is 12.8. The highest BCUT2D eigenvalue weighted by Gasteiger charge is 2.19. The molecule has 0 aliphatic heterocycles. The number of esters is 3. The third-order valence-corrected chi connectivity index (χ3v) is 11.5. The van der Waals surface area contributed by atoms with Crippen LogP contribution >= 0.6 is 0 Å². The van der Waals surface area contributed by atoms with E-state index in [0.29, 0.717) is 19.3 Å². The lowest BCUT2D eigenvalue weighted by Crippen LogP contribution is -2.30. The van der Waals surface area contributed by atoms with Crippen LogP contribution in [0, 0.1) is 0 Å². The number of carbonyl (C=O) groups excluding carboxylic acids is 3. The molecular weight excluding hydrogens is 781 g/mol. The molecule has 63 heavy (non-hydrogen) atoms. The molecule has 364 valence electrons. The van der Waals surface area contributed by atoms with Gasteiger partial charge in [0, 0.05) is 19.3 Å². The lowest BCUT2D eigenvalue weighted by Gasteiger charge is -2.18. The Bertz CT molecular complexity index is 1150. The van der Waals surface area contributed by atoms with Gasteiger partial charge in [-0.1, -0.05) is 236 Å². The highest BCUT2D eigenvalue weighted by atomic mass is 16.6. The summed E-state index contributed by atoms with van der Waals surface area (Å²) in [6, 6.07) is 0. The van der Waals surface area contributed by atoms with E-state index in [1.165, 1.54) is 173 Å². The van der Waals surface area contributed by atoms with Crippen molar-refractivity contribution >= 4 is 17.9 Å². The first-order chi connectivity index (χ1) is 31.0. The van der Waals surface area contributed by atoms with E-state index >= 15 is 0 Å². The Morgan fingerprint density at radius 3 is 0.905 bits per heavy atom. The Balaban J connectivity index is 4.53. The molecular formula is C57H100O6. The molecule has 0 aromatic rings. The minimum absolute atomic E-state index is 0.134. The summed E-state index contributed by atoms with van der Waals surface area (Å²) in [5.41, 5.74) is 0. The minimum atomic E-state index is -0.841. The van der Waals surface area contributed by atoms with Gasteiger partial charge in [-0.3, -0.25) is 14.4 Å². The first-order valence-electron chi connectivity index (χ1n) is 26.8. The van der Waals surface area contributed by atoms with Gasteiger partial charge in [-0.05, 0) is 70.6 Å². The maximum absolute atomic E-state index is 12.8. The van der Waals surface area contributed by atoms with Gasteiger partial charge in [-0.2, -0.15) is 0 Å². The van der Waals surface area contributed by atoms with E-state index in [9.17, 15) is 14.4 Å². The van der Waals surface area contributed by atoms with Gasteiger partial charge in [0.1, 0.15) is 13.2 Å². The first-order valence-corrected chi connectivity index (χ1v) is 26.8. The number of carbonyl (C=O) groups is 3. The van der Waals surface area contributed by atoms with Crippen molar-refractivity contribution in [2.24, 2.45) is 0 Å². The Labute approximate surface area is 390 Å². The van der Waals surface area contributed by atoms with Crippen molar-refractivity contribution in [3.63, 3.8) is 0 Å². The van der Waals surface area contributed by atoms with E-state index in [1.807, 2.05) is 12.2 Å². The summed E-state index contributed by atoms with van der Waals surface area (Å²) in [6.45, 7) is 6.51. The highest BCUT2D eigenvalue weighted by molar-refractivity contribution is 5.71. The predicted molar refractivity (Wildman–Crippen MR) is 270 cm³/mol. The van der Waals surface area contributed by atoms with Crippen LogP contribution in [0.4, 0.5) is 0 Å². The summed E-state index contributed by atoms with van der Waals surface area (Å²) in [4.78, 5) is 37.9. The zero-order valence-corrected chi connectivity index (χ0v) is 41.6. The summed E-state index contributed by atoms with van der Waals surface area (Å²) < 4.78 is 16.6. The fourth-order valence-corrected chi connectivity index (χ4v) is 7.45. The average Bonchev–Trinajstić information content (AvgIpc) is 3.28. The third-order valence-electron chi connectivity index (χ3n) is 11.5. The molecule has 1 atom stereocenters. The molecule has 0 saturated carbocycles. The van der Waals surface area contributed by atoms with Gasteiger partial charge in [-0.25, -0.2) is 0 Å². The standard InChI is InChI=1S/C57H100O6/c1-4-7-10-13-16-19-22-25-28-31-34-37-40-43-46-49-55(58)61-52-54(63-57(60)51-48-45-42-39-36-33-30-27-24-21-18-15-12-9-6-3)53-62-56(59)50-47-44-41-38-35-32-29-26-23-20-17-14-11-8-5-2/h31,33-34,36,40-45,54H,4-30,32,35,37-39,46-53H2,1-3H3/b34-31-,36-33-,43-40-,44-41-,45-42-. The molecule has 1 unspecified atom stereocenters. The Hall–Kier alpha value is -2.89. The number of allylic oxidation sites excluding steroid dienone is 10. The highest BCUT2D eigenvalue weighted by Crippen LogP contribution is 2.14. The van der Waals surface area contributed by atoms with Gasteiger partial charge in [0.25, 0.3) is 0 Å². The molecule has 0 rings (SSSR count). The SMILES string of the molecule is CCCCCCCCCC/C=C\C/C=C\CCC(=O)OCC(COC(=O)CC/C=C\CCCCCCCCCCCCC)OC(=O)CC/C=C\C/C=C\CCCCCCCCCC. The van der Waals surface area contributed by atoms with Crippen molar-refractivity contribution in [3.8, 4) is 0 Å². The van der Waals surface area contributed by atoms with Crippen LogP contribution in [-0.4, -0.2) is 37.2 Å². The molecule has 0 aliphatic rings. The van der Waals surface area contributed by atoms with Gasteiger partial charge in [0.2, 0.25) is 0 Å². The number of rotatable bonds is 48. The molecule has 0 N–H and O–H groups in total. The molecule has 0 fully saturated rings. The van der Waals surface area contributed by atoms with Gasteiger partial charge < -0.3 is 14.2 Å². The molecule has 6 nitrogen and oxygen atoms in total. The smallest absolute Gasteiger partial charge is 0.306 e. The molecule has 0 aromatic carbocycles. The topological polar surface area (TPSA) is 78.9 Å². The van der Waals surface area contributed by atoms with Crippen LogP contribution in [0.5, 0.6) is 0 Å². The zero-order valence-electron chi connectivity index (χ0n) is 41.6. The normalized spacial score (nSPS) is 12.5. The van der Waals surface area contributed by atoms with E-state index in [0.717, 1.165) is 32.1 Å². The maximum Gasteiger partial charge on any atom is 0.306 e. The summed E-state index contributed by atoms with van der Waals surface area (Å²) in [6.07, 6.45) is 63.9. The van der Waals surface area contributed by atoms with Crippen LogP contribution in [0.3, 0.4) is 0 Å². The van der Waals surface area contributed by atoms with Crippen LogP contribution in [0.25, 0.3) is 0 Å². The summed E-state index contributed by atoms with van der Waals surface area (Å²) >= 11 is 0. The largest absolute Gasteiger partial charge is 0.462 e. The fraction of sp³-hybridized carbons (Fsp3) is 0.772. The van der Waals surface area contributed by atoms with E-state index in [4.69, 9.17) is 14.2 Å². The fourth-order valence-electron chi connectivity index (χ4n) is 7.45. The van der Waals surface area contributed by atoms with Crippen LogP contribution in [0.1, 0.15) is 265 Å². The van der Waals surface area contributed by atoms with Crippen LogP contribution in [-0.2, 0) is 28.6 Å². The van der Waals surface area contributed by atoms with E-state index in [1.54, 1.807) is 0 Å². The lowest BCUT2D eigenvalue weighted by molar-refractivity contribution is -0.166. The number of unbranched alkanes of at least 4 members (excludes halogenated alkanes) is 27. The van der Waals surface area contributed by atoms with Crippen LogP contribution in [0.15, 0.2) is 60.8 Å². The molecule has 0 saturated heterocycles. The molecule has 0 heterocycles. The molecule has 0 radical (unpaired) electrons. The van der Waals surface area contributed by atoms with E-state index in [-0.39, 0.29) is 44.4 Å². The van der Waals surface area contributed by atoms with Gasteiger partial charge in [0.05, 0.1) is 0 Å². The average molecular weight is 881 g/mol. The van der Waals surface area contributed by atoms with Crippen molar-refractivity contribution in [1.82, 2.24) is 0 Å². The molecule has 0 amide bonds. The Morgan fingerprint density at radius 2 is 0.571 bits per heavy atom.